The lowest BCUT2D eigenvalue weighted by Gasteiger charge is -2.26. The highest BCUT2D eigenvalue weighted by Crippen LogP contribution is 2.29. The molecule has 5 heteroatoms. The number of benzene rings is 1. The van der Waals surface area contributed by atoms with E-state index in [9.17, 15) is 9.18 Å². The van der Waals surface area contributed by atoms with E-state index in [1.54, 1.807) is 12.1 Å². The number of amides is 1. The molecule has 0 aliphatic heterocycles. The van der Waals surface area contributed by atoms with Crippen molar-refractivity contribution in [3.8, 4) is 0 Å². The summed E-state index contributed by atoms with van der Waals surface area (Å²) in [7, 11) is 0. The van der Waals surface area contributed by atoms with Crippen LogP contribution in [0.5, 0.6) is 0 Å². The topological polar surface area (TPSA) is 55.1 Å². The van der Waals surface area contributed by atoms with Crippen LogP contribution in [0.2, 0.25) is 0 Å². The standard InChI is InChI=1S/C14H18BrFN2O/c15-11-5-6-12(16)13(7-11)18-14(19)10-3-1-9(8-17)2-4-10/h5-7,9-10H,1-4,8,17H2,(H,18,19). The highest BCUT2D eigenvalue weighted by Gasteiger charge is 2.26. The fourth-order valence-corrected chi connectivity index (χ4v) is 2.85. The number of rotatable bonds is 3. The Bertz CT molecular complexity index is 459. The molecular formula is C14H18BrFN2O. The molecule has 104 valence electrons. The molecule has 0 aromatic heterocycles. The van der Waals surface area contributed by atoms with Gasteiger partial charge in [-0.3, -0.25) is 4.79 Å². The third-order valence-electron chi connectivity index (χ3n) is 3.74. The van der Waals surface area contributed by atoms with E-state index in [0.29, 0.717) is 12.5 Å². The number of carbonyl (C=O) groups is 1. The number of halogens is 2. The SMILES string of the molecule is NCC1CCC(C(=O)Nc2cc(Br)ccc2F)CC1. The molecule has 19 heavy (non-hydrogen) atoms. The van der Waals surface area contributed by atoms with Crippen LogP contribution >= 0.6 is 15.9 Å². The average molecular weight is 329 g/mol. The normalized spacial score (nSPS) is 23.1. The molecular weight excluding hydrogens is 311 g/mol. The zero-order valence-electron chi connectivity index (χ0n) is 10.7. The van der Waals surface area contributed by atoms with E-state index in [0.717, 1.165) is 30.2 Å². The summed E-state index contributed by atoms with van der Waals surface area (Å²) >= 11 is 3.27. The smallest absolute Gasteiger partial charge is 0.227 e. The Kier molecular flexibility index (Phi) is 4.93. The fraction of sp³-hybridized carbons (Fsp3) is 0.500. The molecule has 2 rings (SSSR count). The monoisotopic (exact) mass is 328 g/mol. The molecule has 0 spiro atoms. The summed E-state index contributed by atoms with van der Waals surface area (Å²) in [5.74, 6) is 0.00695. The predicted molar refractivity (Wildman–Crippen MR) is 77.2 cm³/mol. The van der Waals surface area contributed by atoms with Gasteiger partial charge in [-0.15, -0.1) is 0 Å². The van der Waals surface area contributed by atoms with E-state index in [1.807, 2.05) is 0 Å². The minimum atomic E-state index is -0.410. The van der Waals surface area contributed by atoms with Gasteiger partial charge >= 0.3 is 0 Å². The highest BCUT2D eigenvalue weighted by atomic mass is 79.9. The zero-order chi connectivity index (χ0) is 13.8. The molecule has 0 heterocycles. The van der Waals surface area contributed by atoms with E-state index >= 15 is 0 Å². The van der Waals surface area contributed by atoms with Crippen molar-refractivity contribution in [3.05, 3.63) is 28.5 Å². The summed E-state index contributed by atoms with van der Waals surface area (Å²) in [6, 6.07) is 4.53. The second-order valence-corrected chi connectivity index (χ2v) is 5.98. The summed E-state index contributed by atoms with van der Waals surface area (Å²) < 4.78 is 14.3. The second-order valence-electron chi connectivity index (χ2n) is 5.07. The zero-order valence-corrected chi connectivity index (χ0v) is 12.2. The van der Waals surface area contributed by atoms with Gasteiger partial charge in [0.25, 0.3) is 0 Å². The first-order chi connectivity index (χ1) is 9.10. The van der Waals surface area contributed by atoms with Crippen molar-refractivity contribution in [2.45, 2.75) is 25.7 Å². The maximum absolute atomic E-state index is 13.6. The number of hydrogen-bond acceptors (Lipinski definition) is 2. The Morgan fingerprint density at radius 2 is 2.05 bits per heavy atom. The molecule has 0 radical (unpaired) electrons. The lowest BCUT2D eigenvalue weighted by molar-refractivity contribution is -0.121. The third kappa shape index (κ3) is 3.76. The first kappa shape index (κ1) is 14.5. The minimum absolute atomic E-state index is 0.0267. The predicted octanol–water partition coefficient (Wildman–Crippen LogP) is 3.29. The van der Waals surface area contributed by atoms with E-state index < -0.39 is 5.82 Å². The quantitative estimate of drug-likeness (QED) is 0.894. The van der Waals surface area contributed by atoms with E-state index in [1.165, 1.54) is 6.07 Å². The first-order valence-corrected chi connectivity index (χ1v) is 7.35. The largest absolute Gasteiger partial charge is 0.330 e. The Labute approximate surface area is 120 Å². The van der Waals surface area contributed by atoms with Crippen LogP contribution in [0.4, 0.5) is 10.1 Å². The maximum atomic E-state index is 13.6. The second kappa shape index (κ2) is 6.48. The van der Waals surface area contributed by atoms with Crippen molar-refractivity contribution < 1.29 is 9.18 Å². The lowest BCUT2D eigenvalue weighted by Crippen LogP contribution is -2.29. The van der Waals surface area contributed by atoms with Crippen LogP contribution in [0.25, 0.3) is 0 Å². The molecule has 0 bridgehead atoms. The number of nitrogens with two attached hydrogens (primary N) is 1. The Hall–Kier alpha value is -0.940. The molecule has 1 saturated carbocycles. The Morgan fingerprint density at radius 3 is 2.68 bits per heavy atom. The molecule has 1 amide bonds. The summed E-state index contributed by atoms with van der Waals surface area (Å²) in [5.41, 5.74) is 5.87. The van der Waals surface area contributed by atoms with Crippen molar-refractivity contribution in [3.63, 3.8) is 0 Å². The van der Waals surface area contributed by atoms with Gasteiger partial charge in [0.1, 0.15) is 5.82 Å². The van der Waals surface area contributed by atoms with Gasteiger partial charge < -0.3 is 11.1 Å². The van der Waals surface area contributed by atoms with Crippen LogP contribution < -0.4 is 11.1 Å². The van der Waals surface area contributed by atoms with Gasteiger partial charge in [0.2, 0.25) is 5.91 Å². The van der Waals surface area contributed by atoms with E-state index in [-0.39, 0.29) is 17.5 Å². The molecule has 3 nitrogen and oxygen atoms in total. The average Bonchev–Trinajstić information content (AvgIpc) is 2.43. The maximum Gasteiger partial charge on any atom is 0.227 e. The summed E-state index contributed by atoms with van der Waals surface area (Å²) in [6.07, 6.45) is 3.64. The van der Waals surface area contributed by atoms with Crippen LogP contribution in [-0.2, 0) is 4.79 Å². The molecule has 0 saturated heterocycles. The Morgan fingerprint density at radius 1 is 1.37 bits per heavy atom. The lowest BCUT2D eigenvalue weighted by atomic mass is 9.81. The third-order valence-corrected chi connectivity index (χ3v) is 4.23. The van der Waals surface area contributed by atoms with Crippen LogP contribution in [0, 0.1) is 17.7 Å². The van der Waals surface area contributed by atoms with Crippen LogP contribution in [0.15, 0.2) is 22.7 Å². The van der Waals surface area contributed by atoms with Crippen molar-refractivity contribution in [1.29, 1.82) is 0 Å². The summed E-state index contributed by atoms with van der Waals surface area (Å²) in [5, 5.41) is 2.68. The van der Waals surface area contributed by atoms with Gasteiger partial charge in [-0.25, -0.2) is 4.39 Å². The van der Waals surface area contributed by atoms with E-state index in [4.69, 9.17) is 5.73 Å². The van der Waals surface area contributed by atoms with Gasteiger partial charge in [0, 0.05) is 10.4 Å². The van der Waals surface area contributed by atoms with Gasteiger partial charge in [-0.2, -0.15) is 0 Å². The van der Waals surface area contributed by atoms with Gasteiger partial charge in [0.15, 0.2) is 0 Å². The molecule has 1 aliphatic rings. The van der Waals surface area contributed by atoms with Crippen LogP contribution in [0.3, 0.4) is 0 Å². The highest BCUT2D eigenvalue weighted by molar-refractivity contribution is 9.10. The van der Waals surface area contributed by atoms with Gasteiger partial charge in [0.05, 0.1) is 5.69 Å². The molecule has 3 N–H and O–H groups in total. The van der Waals surface area contributed by atoms with Gasteiger partial charge in [-0.05, 0) is 56.3 Å². The molecule has 1 aromatic rings. The molecule has 0 unspecified atom stereocenters. The minimum Gasteiger partial charge on any atom is -0.330 e. The summed E-state index contributed by atoms with van der Waals surface area (Å²) in [6.45, 7) is 0.689. The van der Waals surface area contributed by atoms with Crippen molar-refractivity contribution in [2.24, 2.45) is 17.6 Å². The van der Waals surface area contributed by atoms with Crippen LogP contribution in [-0.4, -0.2) is 12.5 Å². The number of anilines is 1. The van der Waals surface area contributed by atoms with Gasteiger partial charge in [-0.1, -0.05) is 15.9 Å². The first-order valence-electron chi connectivity index (χ1n) is 6.56. The van der Waals surface area contributed by atoms with Crippen molar-refractivity contribution in [1.82, 2.24) is 0 Å². The number of hydrogen-bond donors (Lipinski definition) is 2. The number of nitrogens with one attached hydrogen (secondary N) is 1. The number of carbonyl (C=O) groups excluding carboxylic acids is 1. The fourth-order valence-electron chi connectivity index (χ4n) is 2.49. The van der Waals surface area contributed by atoms with Crippen LogP contribution in [0.1, 0.15) is 25.7 Å². The molecule has 1 fully saturated rings. The Balaban J connectivity index is 1.96. The van der Waals surface area contributed by atoms with E-state index in [2.05, 4.69) is 21.2 Å². The molecule has 1 aliphatic carbocycles. The summed E-state index contributed by atoms with van der Waals surface area (Å²) in [4.78, 5) is 12.1. The molecule has 1 aromatic carbocycles. The molecule has 0 atom stereocenters. The van der Waals surface area contributed by atoms with Crippen molar-refractivity contribution >= 4 is 27.5 Å². The van der Waals surface area contributed by atoms with Crippen molar-refractivity contribution in [2.75, 3.05) is 11.9 Å².